The number of hydrogen-bond acceptors (Lipinski definition) is 6. The predicted molar refractivity (Wildman–Crippen MR) is 77.0 cm³/mol. The van der Waals surface area contributed by atoms with Crippen molar-refractivity contribution in [2.45, 2.75) is 25.6 Å². The van der Waals surface area contributed by atoms with Crippen molar-refractivity contribution in [3.8, 4) is 5.88 Å². The Labute approximate surface area is 136 Å². The summed E-state index contributed by atoms with van der Waals surface area (Å²) < 4.78 is 48.4. The largest absolute Gasteiger partial charge is 0.477 e. The standard InChI is InChI=1S/C15H17F3N4O2/c16-15(17,18)12-2-1-3-13(20-12)23-9-11-4-6-22(7-5-11)8-14-21-19-10-24-14/h1-3,10-11H,4-9H2. The summed E-state index contributed by atoms with van der Waals surface area (Å²) >= 11 is 0. The molecule has 130 valence electrons. The van der Waals surface area contributed by atoms with Gasteiger partial charge in [-0.05, 0) is 37.9 Å². The van der Waals surface area contributed by atoms with Gasteiger partial charge in [0.15, 0.2) is 0 Å². The zero-order valence-corrected chi connectivity index (χ0v) is 12.9. The molecule has 24 heavy (non-hydrogen) atoms. The molecule has 2 aromatic rings. The minimum absolute atomic E-state index is 0.0121. The zero-order chi connectivity index (χ0) is 17.0. The summed E-state index contributed by atoms with van der Waals surface area (Å²) in [5.41, 5.74) is -0.936. The summed E-state index contributed by atoms with van der Waals surface area (Å²) in [7, 11) is 0. The molecular formula is C15H17F3N4O2. The molecule has 1 aliphatic heterocycles. The van der Waals surface area contributed by atoms with Crippen LogP contribution in [0, 0.1) is 5.92 Å². The van der Waals surface area contributed by atoms with E-state index in [4.69, 9.17) is 9.15 Å². The monoisotopic (exact) mass is 342 g/mol. The highest BCUT2D eigenvalue weighted by Gasteiger charge is 2.32. The average Bonchev–Trinajstić information content (AvgIpc) is 3.07. The van der Waals surface area contributed by atoms with Gasteiger partial charge in [0.25, 0.3) is 0 Å². The van der Waals surface area contributed by atoms with Gasteiger partial charge in [-0.1, -0.05) is 6.07 Å². The zero-order valence-electron chi connectivity index (χ0n) is 12.9. The van der Waals surface area contributed by atoms with Crippen LogP contribution in [0.1, 0.15) is 24.4 Å². The summed E-state index contributed by atoms with van der Waals surface area (Å²) in [6.07, 6.45) is -1.36. The van der Waals surface area contributed by atoms with Gasteiger partial charge in [-0.15, -0.1) is 10.2 Å². The summed E-state index contributed by atoms with van der Waals surface area (Å²) in [6.45, 7) is 2.68. The van der Waals surface area contributed by atoms with E-state index in [1.807, 2.05) is 0 Å². The lowest BCUT2D eigenvalue weighted by atomic mass is 9.98. The summed E-state index contributed by atoms with van der Waals surface area (Å²) in [6, 6.07) is 3.68. The van der Waals surface area contributed by atoms with Crippen molar-refractivity contribution >= 4 is 0 Å². The number of nitrogens with zero attached hydrogens (tertiary/aromatic N) is 4. The van der Waals surface area contributed by atoms with Crippen LogP contribution in [0.5, 0.6) is 5.88 Å². The lowest BCUT2D eigenvalue weighted by Crippen LogP contribution is -2.35. The highest BCUT2D eigenvalue weighted by Crippen LogP contribution is 2.29. The maximum absolute atomic E-state index is 12.6. The van der Waals surface area contributed by atoms with E-state index in [1.54, 1.807) is 0 Å². The molecule has 1 fully saturated rings. The van der Waals surface area contributed by atoms with Gasteiger partial charge in [0.1, 0.15) is 5.69 Å². The molecule has 1 saturated heterocycles. The SMILES string of the molecule is FC(F)(F)c1cccc(OCC2CCN(Cc3nnco3)CC2)n1. The van der Waals surface area contributed by atoms with Gasteiger partial charge in [-0.2, -0.15) is 13.2 Å². The number of rotatable bonds is 5. The minimum atomic E-state index is -4.46. The van der Waals surface area contributed by atoms with Gasteiger partial charge in [0, 0.05) is 6.07 Å². The molecule has 3 rings (SSSR count). The van der Waals surface area contributed by atoms with Gasteiger partial charge in [-0.3, -0.25) is 4.90 Å². The molecule has 3 heterocycles. The molecule has 1 aliphatic rings. The quantitative estimate of drug-likeness (QED) is 0.833. The summed E-state index contributed by atoms with van der Waals surface area (Å²) in [5, 5.41) is 7.49. The van der Waals surface area contributed by atoms with Crippen molar-refractivity contribution in [1.82, 2.24) is 20.1 Å². The Bertz CT molecular complexity index is 640. The first-order chi connectivity index (χ1) is 11.5. The van der Waals surface area contributed by atoms with Gasteiger partial charge in [0.2, 0.25) is 18.2 Å². The first kappa shape index (κ1) is 16.7. The number of aromatic nitrogens is 3. The Balaban J connectivity index is 1.45. The van der Waals surface area contributed by atoms with Crippen LogP contribution in [0.3, 0.4) is 0 Å². The topological polar surface area (TPSA) is 64.3 Å². The summed E-state index contributed by atoms with van der Waals surface area (Å²) in [5.74, 6) is 0.885. The maximum Gasteiger partial charge on any atom is 0.433 e. The number of hydrogen-bond donors (Lipinski definition) is 0. The van der Waals surface area contributed by atoms with Crippen LogP contribution in [-0.4, -0.2) is 39.8 Å². The summed E-state index contributed by atoms with van der Waals surface area (Å²) in [4.78, 5) is 5.71. The van der Waals surface area contributed by atoms with Crippen molar-refractivity contribution in [2.75, 3.05) is 19.7 Å². The van der Waals surface area contributed by atoms with Crippen LogP contribution in [0.2, 0.25) is 0 Å². The molecule has 6 nitrogen and oxygen atoms in total. The molecule has 0 atom stereocenters. The number of halogens is 3. The van der Waals surface area contributed by atoms with Crippen molar-refractivity contribution in [3.05, 3.63) is 36.2 Å². The second-order valence-corrected chi connectivity index (χ2v) is 5.72. The van der Waals surface area contributed by atoms with Crippen LogP contribution in [-0.2, 0) is 12.7 Å². The van der Waals surface area contributed by atoms with Gasteiger partial charge in [-0.25, -0.2) is 4.98 Å². The van der Waals surface area contributed by atoms with E-state index in [9.17, 15) is 13.2 Å². The molecule has 0 spiro atoms. The molecular weight excluding hydrogens is 325 g/mol. The first-order valence-electron chi connectivity index (χ1n) is 7.65. The fourth-order valence-corrected chi connectivity index (χ4v) is 2.62. The Morgan fingerprint density at radius 3 is 2.71 bits per heavy atom. The number of alkyl halides is 3. The molecule has 0 radical (unpaired) electrons. The molecule has 2 aromatic heterocycles. The van der Waals surface area contributed by atoms with Crippen LogP contribution >= 0.6 is 0 Å². The minimum Gasteiger partial charge on any atom is -0.477 e. The molecule has 0 unspecified atom stereocenters. The van der Waals surface area contributed by atoms with Crippen molar-refractivity contribution in [3.63, 3.8) is 0 Å². The van der Waals surface area contributed by atoms with E-state index < -0.39 is 11.9 Å². The first-order valence-corrected chi connectivity index (χ1v) is 7.65. The average molecular weight is 342 g/mol. The Hall–Kier alpha value is -2.16. The molecule has 0 aliphatic carbocycles. The maximum atomic E-state index is 12.6. The van der Waals surface area contributed by atoms with Crippen molar-refractivity contribution < 1.29 is 22.3 Å². The fourth-order valence-electron chi connectivity index (χ4n) is 2.62. The highest BCUT2D eigenvalue weighted by molar-refractivity contribution is 5.17. The second kappa shape index (κ2) is 7.16. The lowest BCUT2D eigenvalue weighted by molar-refractivity contribution is -0.141. The molecule has 9 heteroatoms. The molecule has 0 N–H and O–H groups in total. The predicted octanol–water partition coefficient (Wildman–Crippen LogP) is 2.77. The smallest absolute Gasteiger partial charge is 0.433 e. The van der Waals surface area contributed by atoms with Crippen LogP contribution in [0.4, 0.5) is 13.2 Å². The van der Waals surface area contributed by atoms with Gasteiger partial charge in [0.05, 0.1) is 13.2 Å². The normalized spacial score (nSPS) is 17.1. The van der Waals surface area contributed by atoms with E-state index in [-0.39, 0.29) is 5.88 Å². The molecule has 0 saturated carbocycles. The van der Waals surface area contributed by atoms with Gasteiger partial charge < -0.3 is 9.15 Å². The Kier molecular flexibility index (Phi) is 4.98. The van der Waals surface area contributed by atoms with Crippen LogP contribution < -0.4 is 4.74 Å². The second-order valence-electron chi connectivity index (χ2n) is 5.72. The van der Waals surface area contributed by atoms with Crippen LogP contribution in [0.15, 0.2) is 29.0 Å². The number of piperidine rings is 1. The third-order valence-electron chi connectivity index (χ3n) is 3.95. The fraction of sp³-hybridized carbons (Fsp3) is 0.533. The highest BCUT2D eigenvalue weighted by atomic mass is 19.4. The van der Waals surface area contributed by atoms with E-state index in [2.05, 4.69) is 20.1 Å². The Morgan fingerprint density at radius 1 is 1.25 bits per heavy atom. The van der Waals surface area contributed by atoms with E-state index in [1.165, 1.54) is 18.5 Å². The number of ether oxygens (including phenoxy) is 1. The third-order valence-corrected chi connectivity index (χ3v) is 3.95. The third kappa shape index (κ3) is 4.44. The lowest BCUT2D eigenvalue weighted by Gasteiger charge is -2.30. The van der Waals surface area contributed by atoms with E-state index in [0.29, 0.717) is 25.0 Å². The van der Waals surface area contributed by atoms with Crippen LogP contribution in [0.25, 0.3) is 0 Å². The number of pyridine rings is 1. The molecule has 0 bridgehead atoms. The molecule has 0 amide bonds. The Morgan fingerprint density at radius 2 is 2.04 bits per heavy atom. The van der Waals surface area contributed by atoms with E-state index >= 15 is 0 Å². The van der Waals surface area contributed by atoms with E-state index in [0.717, 1.165) is 32.0 Å². The number of likely N-dealkylation sites (tertiary alicyclic amines) is 1. The van der Waals surface area contributed by atoms with Crippen molar-refractivity contribution in [1.29, 1.82) is 0 Å². The van der Waals surface area contributed by atoms with Crippen molar-refractivity contribution in [2.24, 2.45) is 5.92 Å². The van der Waals surface area contributed by atoms with Gasteiger partial charge >= 0.3 is 6.18 Å². The molecule has 0 aromatic carbocycles.